The lowest BCUT2D eigenvalue weighted by molar-refractivity contribution is 0.0672. The number of ether oxygens (including phenoxy) is 3. The van der Waals surface area contributed by atoms with Crippen LogP contribution in [0, 0.1) is 11.3 Å². The van der Waals surface area contributed by atoms with Crippen LogP contribution in [0.2, 0.25) is 0 Å². The number of nitrogens with zero attached hydrogens (tertiary/aromatic N) is 5. The molecular formula is C22H17N5O5. The van der Waals surface area contributed by atoms with Crippen molar-refractivity contribution in [2.45, 2.75) is 0 Å². The van der Waals surface area contributed by atoms with Gasteiger partial charge in [0.1, 0.15) is 37.6 Å². The Kier molecular flexibility index (Phi) is 6.38. The number of benzene rings is 2. The Bertz CT molecular complexity index is 1210. The second-order valence-corrected chi connectivity index (χ2v) is 6.20. The van der Waals surface area contributed by atoms with E-state index in [0.29, 0.717) is 41.6 Å². The molecule has 0 spiro atoms. The van der Waals surface area contributed by atoms with Crippen LogP contribution in [0.15, 0.2) is 71.2 Å². The number of hydrogen-bond acceptors (Lipinski definition) is 10. The molecule has 1 aliphatic heterocycles. The van der Waals surface area contributed by atoms with E-state index in [2.05, 4.69) is 26.3 Å². The molecule has 4 rings (SSSR count). The third-order valence-electron chi connectivity index (χ3n) is 4.14. The van der Waals surface area contributed by atoms with Crippen molar-refractivity contribution < 1.29 is 23.9 Å². The molecule has 0 bridgehead atoms. The Hall–Kier alpha value is -4.65. The number of oxime groups is 2. The number of aromatic nitrogens is 2. The summed E-state index contributed by atoms with van der Waals surface area (Å²) in [6, 6.07) is 17.5. The fourth-order valence-corrected chi connectivity index (χ4v) is 2.77. The molecule has 32 heavy (non-hydrogen) atoms. The molecule has 0 fully saturated rings. The van der Waals surface area contributed by atoms with Crippen LogP contribution in [0.3, 0.4) is 0 Å². The number of hydrogen-bond donors (Lipinski definition) is 0. The molecule has 2 aromatic carbocycles. The van der Waals surface area contributed by atoms with Gasteiger partial charge < -0.3 is 23.9 Å². The summed E-state index contributed by atoms with van der Waals surface area (Å²) in [5, 5.41) is 17.2. The summed E-state index contributed by atoms with van der Waals surface area (Å²) in [7, 11) is 1.42. The molecule has 10 nitrogen and oxygen atoms in total. The summed E-state index contributed by atoms with van der Waals surface area (Å²) in [4.78, 5) is 18.3. The van der Waals surface area contributed by atoms with Gasteiger partial charge in [-0.05, 0) is 29.4 Å². The molecule has 0 atom stereocenters. The Morgan fingerprint density at radius 2 is 1.72 bits per heavy atom. The fourth-order valence-electron chi connectivity index (χ4n) is 2.77. The Labute approximate surface area is 183 Å². The highest BCUT2D eigenvalue weighted by Gasteiger charge is 2.22. The van der Waals surface area contributed by atoms with Crippen LogP contribution < -0.4 is 9.47 Å². The van der Waals surface area contributed by atoms with Crippen molar-refractivity contribution in [2.24, 2.45) is 10.3 Å². The molecule has 0 saturated carbocycles. The van der Waals surface area contributed by atoms with Crippen LogP contribution in [0.5, 0.6) is 23.3 Å². The zero-order valence-corrected chi connectivity index (χ0v) is 17.0. The summed E-state index contributed by atoms with van der Waals surface area (Å²) in [5.41, 5.74) is 1.24. The average molecular weight is 431 g/mol. The van der Waals surface area contributed by atoms with E-state index in [1.807, 2.05) is 6.07 Å². The highest BCUT2D eigenvalue weighted by Crippen LogP contribution is 2.29. The van der Waals surface area contributed by atoms with Crippen molar-refractivity contribution in [3.8, 4) is 29.3 Å². The zero-order chi connectivity index (χ0) is 22.2. The van der Waals surface area contributed by atoms with Gasteiger partial charge in [-0.1, -0.05) is 29.4 Å². The van der Waals surface area contributed by atoms with E-state index < -0.39 is 0 Å². The first kappa shape index (κ1) is 20.6. The molecule has 0 unspecified atom stereocenters. The van der Waals surface area contributed by atoms with Gasteiger partial charge in [0, 0.05) is 0 Å². The molecule has 0 radical (unpaired) electrons. The van der Waals surface area contributed by atoms with Gasteiger partial charge in [0.25, 0.3) is 5.90 Å². The molecule has 0 aliphatic carbocycles. The SMILES string of the molecule is CO/N=C(\C1=NOCCO1)c1ccccc1Oc1cc(Oc2ccccc2C#N)ncn1. The molecule has 1 aliphatic rings. The zero-order valence-electron chi connectivity index (χ0n) is 17.0. The van der Waals surface area contributed by atoms with Gasteiger partial charge in [0.2, 0.25) is 11.8 Å². The second kappa shape index (κ2) is 9.90. The molecule has 1 aromatic heterocycles. The standard InChI is InChI=1S/C22H17N5O5/c1-28-26-21(22-27-30-11-10-29-22)16-7-3-5-9-18(16)32-20-12-19(24-14-25-20)31-17-8-4-2-6-15(17)13-23/h2-9,12,14H,10-11H2,1H3/b26-21-. The van der Waals surface area contributed by atoms with Crippen molar-refractivity contribution in [3.05, 3.63) is 72.1 Å². The van der Waals surface area contributed by atoms with Gasteiger partial charge in [-0.15, -0.1) is 0 Å². The molecular weight excluding hydrogens is 414 g/mol. The van der Waals surface area contributed by atoms with E-state index in [4.69, 9.17) is 23.9 Å². The highest BCUT2D eigenvalue weighted by atomic mass is 16.7. The highest BCUT2D eigenvalue weighted by molar-refractivity contribution is 6.45. The number of nitriles is 1. The van der Waals surface area contributed by atoms with Crippen LogP contribution in [-0.4, -0.2) is 41.9 Å². The van der Waals surface area contributed by atoms with Crippen molar-refractivity contribution >= 4 is 11.6 Å². The first-order valence-electron chi connectivity index (χ1n) is 9.49. The predicted octanol–water partition coefficient (Wildman–Crippen LogP) is 3.64. The minimum atomic E-state index is 0.175. The van der Waals surface area contributed by atoms with Gasteiger partial charge in [-0.25, -0.2) is 9.97 Å². The molecule has 160 valence electrons. The summed E-state index contributed by atoms with van der Waals surface area (Å²) >= 11 is 0. The summed E-state index contributed by atoms with van der Waals surface area (Å²) in [5.74, 6) is 1.41. The Morgan fingerprint density at radius 1 is 1.00 bits per heavy atom. The van der Waals surface area contributed by atoms with E-state index in [0.717, 1.165) is 0 Å². The van der Waals surface area contributed by atoms with E-state index in [1.165, 1.54) is 19.5 Å². The average Bonchev–Trinajstić information content (AvgIpc) is 2.84. The van der Waals surface area contributed by atoms with E-state index in [9.17, 15) is 5.26 Å². The van der Waals surface area contributed by atoms with E-state index >= 15 is 0 Å². The maximum absolute atomic E-state index is 9.24. The van der Waals surface area contributed by atoms with Crippen LogP contribution in [0.4, 0.5) is 0 Å². The molecule has 2 heterocycles. The maximum atomic E-state index is 9.24. The van der Waals surface area contributed by atoms with Crippen LogP contribution >= 0.6 is 0 Å². The number of para-hydroxylation sites is 2. The van der Waals surface area contributed by atoms with Gasteiger partial charge in [0.05, 0.1) is 17.2 Å². The van der Waals surface area contributed by atoms with Crippen molar-refractivity contribution in [2.75, 3.05) is 20.3 Å². The molecule has 0 saturated heterocycles. The molecule has 0 amide bonds. The number of rotatable bonds is 7. The normalized spacial score (nSPS) is 13.1. The molecule has 3 aromatic rings. The predicted molar refractivity (Wildman–Crippen MR) is 113 cm³/mol. The quantitative estimate of drug-likeness (QED) is 0.411. The van der Waals surface area contributed by atoms with Crippen LogP contribution in [-0.2, 0) is 14.4 Å². The van der Waals surface area contributed by atoms with Crippen molar-refractivity contribution in [1.29, 1.82) is 5.26 Å². The Morgan fingerprint density at radius 3 is 2.44 bits per heavy atom. The lowest BCUT2D eigenvalue weighted by atomic mass is 10.1. The maximum Gasteiger partial charge on any atom is 0.280 e. The van der Waals surface area contributed by atoms with Gasteiger partial charge >= 0.3 is 0 Å². The third-order valence-corrected chi connectivity index (χ3v) is 4.14. The Balaban J connectivity index is 1.62. The minimum absolute atomic E-state index is 0.175. The van der Waals surface area contributed by atoms with Gasteiger partial charge in [-0.3, -0.25) is 0 Å². The van der Waals surface area contributed by atoms with Crippen molar-refractivity contribution in [1.82, 2.24) is 9.97 Å². The smallest absolute Gasteiger partial charge is 0.280 e. The van der Waals surface area contributed by atoms with E-state index in [-0.39, 0.29) is 17.7 Å². The van der Waals surface area contributed by atoms with Gasteiger partial charge in [-0.2, -0.15) is 5.26 Å². The molecule has 0 N–H and O–H groups in total. The lowest BCUT2D eigenvalue weighted by Gasteiger charge is -2.16. The largest absolute Gasteiger partial charge is 0.470 e. The minimum Gasteiger partial charge on any atom is -0.470 e. The van der Waals surface area contributed by atoms with Gasteiger partial charge in [0.15, 0.2) is 12.3 Å². The summed E-state index contributed by atoms with van der Waals surface area (Å²) < 4.78 is 17.3. The first-order chi connectivity index (χ1) is 15.8. The second-order valence-electron chi connectivity index (χ2n) is 6.20. The van der Waals surface area contributed by atoms with Crippen LogP contribution in [0.1, 0.15) is 11.1 Å². The van der Waals surface area contributed by atoms with Crippen LogP contribution in [0.25, 0.3) is 0 Å². The third kappa shape index (κ3) is 4.73. The fraction of sp³-hybridized carbons (Fsp3) is 0.136. The summed E-state index contributed by atoms with van der Waals surface area (Å²) in [6.07, 6.45) is 1.30. The lowest BCUT2D eigenvalue weighted by Crippen LogP contribution is -2.25. The first-order valence-corrected chi connectivity index (χ1v) is 9.49. The topological polar surface area (TPSA) is 120 Å². The molecule has 10 heteroatoms. The monoisotopic (exact) mass is 431 g/mol. The van der Waals surface area contributed by atoms with E-state index in [1.54, 1.807) is 42.5 Å². The van der Waals surface area contributed by atoms with Crippen molar-refractivity contribution in [3.63, 3.8) is 0 Å². The summed E-state index contributed by atoms with van der Waals surface area (Å²) in [6.45, 7) is 0.682.